The van der Waals surface area contributed by atoms with Crippen molar-refractivity contribution in [3.63, 3.8) is 0 Å². The summed E-state index contributed by atoms with van der Waals surface area (Å²) in [5.74, 6) is 0.765. The standard InChI is InChI=1S/C11H23NO/c1-4-9(2)10(3)12-8-11-6-5-7-13-11/h9-12H,4-8H2,1-3H3/t9-,10-,11-/m0/s1. The number of nitrogens with one attached hydrogen (secondary N) is 1. The fraction of sp³-hybridized carbons (Fsp3) is 1.00. The van der Waals surface area contributed by atoms with Gasteiger partial charge in [-0.3, -0.25) is 0 Å². The van der Waals surface area contributed by atoms with Crippen molar-refractivity contribution < 1.29 is 4.74 Å². The SMILES string of the molecule is CC[C@H](C)[C@H](C)NC[C@@H]1CCCO1. The molecule has 1 rings (SSSR count). The third kappa shape index (κ3) is 3.65. The van der Waals surface area contributed by atoms with Gasteiger partial charge in [0.2, 0.25) is 0 Å². The molecule has 0 aromatic carbocycles. The Balaban J connectivity index is 2.10. The zero-order valence-electron chi connectivity index (χ0n) is 9.18. The second-order valence-corrected chi connectivity index (χ2v) is 4.22. The lowest BCUT2D eigenvalue weighted by atomic mass is 10.0. The van der Waals surface area contributed by atoms with E-state index in [9.17, 15) is 0 Å². The van der Waals surface area contributed by atoms with Gasteiger partial charge in [0.25, 0.3) is 0 Å². The molecule has 0 aliphatic carbocycles. The lowest BCUT2D eigenvalue weighted by Gasteiger charge is -2.21. The van der Waals surface area contributed by atoms with Crippen molar-refractivity contribution in [2.75, 3.05) is 13.2 Å². The van der Waals surface area contributed by atoms with Crippen LogP contribution < -0.4 is 5.32 Å². The maximum Gasteiger partial charge on any atom is 0.0700 e. The minimum absolute atomic E-state index is 0.478. The Morgan fingerprint density at radius 3 is 2.77 bits per heavy atom. The first-order valence-corrected chi connectivity index (χ1v) is 5.59. The molecular weight excluding hydrogens is 162 g/mol. The first kappa shape index (κ1) is 11.0. The van der Waals surface area contributed by atoms with E-state index in [1.54, 1.807) is 0 Å². The molecule has 0 bridgehead atoms. The number of rotatable bonds is 5. The molecular formula is C11H23NO. The summed E-state index contributed by atoms with van der Waals surface area (Å²) < 4.78 is 5.55. The molecule has 1 aliphatic rings. The van der Waals surface area contributed by atoms with Crippen LogP contribution in [0.3, 0.4) is 0 Å². The summed E-state index contributed by atoms with van der Waals surface area (Å²) in [5.41, 5.74) is 0. The lowest BCUT2D eigenvalue weighted by Crippen LogP contribution is -2.37. The maximum absolute atomic E-state index is 5.55. The van der Waals surface area contributed by atoms with Gasteiger partial charge in [0, 0.05) is 19.2 Å². The van der Waals surface area contributed by atoms with Gasteiger partial charge in [-0.1, -0.05) is 20.3 Å². The van der Waals surface area contributed by atoms with Gasteiger partial charge in [-0.15, -0.1) is 0 Å². The molecule has 0 amide bonds. The van der Waals surface area contributed by atoms with E-state index in [1.807, 2.05) is 0 Å². The third-order valence-corrected chi connectivity index (χ3v) is 3.19. The predicted octanol–water partition coefficient (Wildman–Crippen LogP) is 2.19. The van der Waals surface area contributed by atoms with Gasteiger partial charge in [0.15, 0.2) is 0 Å². The third-order valence-electron chi connectivity index (χ3n) is 3.19. The van der Waals surface area contributed by atoms with Gasteiger partial charge in [0.1, 0.15) is 0 Å². The van der Waals surface area contributed by atoms with E-state index < -0.39 is 0 Å². The van der Waals surface area contributed by atoms with Crippen molar-refractivity contribution in [2.24, 2.45) is 5.92 Å². The van der Waals surface area contributed by atoms with E-state index in [-0.39, 0.29) is 0 Å². The average molecular weight is 185 g/mol. The van der Waals surface area contributed by atoms with Crippen LogP contribution in [0.15, 0.2) is 0 Å². The van der Waals surface area contributed by atoms with Crippen LogP contribution >= 0.6 is 0 Å². The van der Waals surface area contributed by atoms with Crippen LogP contribution in [0.5, 0.6) is 0 Å². The quantitative estimate of drug-likeness (QED) is 0.709. The zero-order valence-corrected chi connectivity index (χ0v) is 9.18. The minimum Gasteiger partial charge on any atom is -0.377 e. The highest BCUT2D eigenvalue weighted by Crippen LogP contribution is 2.12. The summed E-state index contributed by atoms with van der Waals surface area (Å²) in [6, 6.07) is 0.620. The predicted molar refractivity (Wildman–Crippen MR) is 55.9 cm³/mol. The first-order valence-electron chi connectivity index (χ1n) is 5.59. The fourth-order valence-electron chi connectivity index (χ4n) is 1.68. The molecule has 0 radical (unpaired) electrons. The molecule has 1 heterocycles. The van der Waals surface area contributed by atoms with Gasteiger partial charge in [-0.25, -0.2) is 0 Å². The molecule has 0 saturated carbocycles. The Hall–Kier alpha value is -0.0800. The summed E-state index contributed by atoms with van der Waals surface area (Å²) >= 11 is 0. The van der Waals surface area contributed by atoms with Crippen molar-refractivity contribution in [1.82, 2.24) is 5.32 Å². The van der Waals surface area contributed by atoms with E-state index >= 15 is 0 Å². The summed E-state index contributed by atoms with van der Waals surface area (Å²) in [4.78, 5) is 0. The van der Waals surface area contributed by atoms with Crippen molar-refractivity contribution in [3.8, 4) is 0 Å². The Morgan fingerprint density at radius 1 is 1.46 bits per heavy atom. The van der Waals surface area contributed by atoms with Crippen LogP contribution in [0.4, 0.5) is 0 Å². The monoisotopic (exact) mass is 185 g/mol. The molecule has 0 unspecified atom stereocenters. The van der Waals surface area contributed by atoms with Crippen LogP contribution in [0.25, 0.3) is 0 Å². The molecule has 1 saturated heterocycles. The number of hydrogen-bond acceptors (Lipinski definition) is 2. The number of ether oxygens (including phenoxy) is 1. The molecule has 78 valence electrons. The second kappa shape index (κ2) is 5.61. The smallest absolute Gasteiger partial charge is 0.0700 e. The molecule has 1 aliphatic heterocycles. The van der Waals surface area contributed by atoms with Crippen LogP contribution in [-0.2, 0) is 4.74 Å². The molecule has 1 fully saturated rings. The highest BCUT2D eigenvalue weighted by atomic mass is 16.5. The van der Waals surface area contributed by atoms with E-state index in [2.05, 4.69) is 26.1 Å². The Bertz CT molecular complexity index is 132. The molecule has 2 nitrogen and oxygen atoms in total. The van der Waals surface area contributed by atoms with Crippen LogP contribution in [0, 0.1) is 5.92 Å². The van der Waals surface area contributed by atoms with Gasteiger partial charge in [-0.05, 0) is 25.7 Å². The molecule has 13 heavy (non-hydrogen) atoms. The summed E-state index contributed by atoms with van der Waals surface area (Å²) in [6.45, 7) is 8.81. The van der Waals surface area contributed by atoms with Crippen molar-refractivity contribution >= 4 is 0 Å². The van der Waals surface area contributed by atoms with Crippen LogP contribution in [0.1, 0.15) is 40.0 Å². The molecule has 2 heteroatoms. The van der Waals surface area contributed by atoms with E-state index in [4.69, 9.17) is 4.74 Å². The van der Waals surface area contributed by atoms with Gasteiger partial charge < -0.3 is 10.1 Å². The normalized spacial score (nSPS) is 27.5. The Kier molecular flexibility index (Phi) is 4.74. The lowest BCUT2D eigenvalue weighted by molar-refractivity contribution is 0.106. The molecule has 0 spiro atoms. The highest BCUT2D eigenvalue weighted by Gasteiger charge is 2.17. The van der Waals surface area contributed by atoms with Crippen molar-refractivity contribution in [2.45, 2.75) is 52.2 Å². The average Bonchev–Trinajstić information content (AvgIpc) is 2.65. The van der Waals surface area contributed by atoms with Crippen LogP contribution in [-0.4, -0.2) is 25.3 Å². The summed E-state index contributed by atoms with van der Waals surface area (Å²) in [7, 11) is 0. The summed E-state index contributed by atoms with van der Waals surface area (Å²) in [6.07, 6.45) is 4.20. The molecule has 1 N–H and O–H groups in total. The largest absolute Gasteiger partial charge is 0.377 e. The van der Waals surface area contributed by atoms with E-state index in [0.29, 0.717) is 12.1 Å². The zero-order chi connectivity index (χ0) is 9.68. The van der Waals surface area contributed by atoms with Crippen molar-refractivity contribution in [1.29, 1.82) is 0 Å². The highest BCUT2D eigenvalue weighted by molar-refractivity contribution is 4.72. The van der Waals surface area contributed by atoms with Gasteiger partial charge >= 0.3 is 0 Å². The summed E-state index contributed by atoms with van der Waals surface area (Å²) in [5, 5.41) is 3.55. The molecule has 0 aromatic heterocycles. The van der Waals surface area contributed by atoms with Gasteiger partial charge in [-0.2, -0.15) is 0 Å². The fourth-order valence-corrected chi connectivity index (χ4v) is 1.68. The number of hydrogen-bond donors (Lipinski definition) is 1. The topological polar surface area (TPSA) is 21.3 Å². The Labute approximate surface area is 82.0 Å². The minimum atomic E-state index is 0.478. The molecule has 0 aromatic rings. The molecule has 3 atom stereocenters. The van der Waals surface area contributed by atoms with Crippen molar-refractivity contribution in [3.05, 3.63) is 0 Å². The Morgan fingerprint density at radius 2 is 2.23 bits per heavy atom. The second-order valence-electron chi connectivity index (χ2n) is 4.22. The maximum atomic E-state index is 5.55. The van der Waals surface area contributed by atoms with E-state index in [0.717, 1.165) is 19.1 Å². The van der Waals surface area contributed by atoms with Crippen LogP contribution in [0.2, 0.25) is 0 Å². The first-order chi connectivity index (χ1) is 6.24. The van der Waals surface area contributed by atoms with E-state index in [1.165, 1.54) is 19.3 Å². The van der Waals surface area contributed by atoms with Gasteiger partial charge in [0.05, 0.1) is 6.10 Å².